The highest BCUT2D eigenvalue weighted by atomic mass is 16.5. The summed E-state index contributed by atoms with van der Waals surface area (Å²) < 4.78 is 5.80. The second-order valence-corrected chi connectivity index (χ2v) is 7.63. The lowest BCUT2D eigenvalue weighted by Crippen LogP contribution is -2.45. The summed E-state index contributed by atoms with van der Waals surface area (Å²) in [6.45, 7) is 3.14. The van der Waals surface area contributed by atoms with Crippen molar-refractivity contribution in [1.82, 2.24) is 15.5 Å². The van der Waals surface area contributed by atoms with Gasteiger partial charge in [-0.15, -0.1) is 0 Å². The number of ether oxygens (including phenoxy) is 1. The number of guanidine groups is 1. The molecule has 6 nitrogen and oxygen atoms in total. The van der Waals surface area contributed by atoms with Crippen LogP contribution in [-0.2, 0) is 17.9 Å². The van der Waals surface area contributed by atoms with Crippen LogP contribution in [0, 0.1) is 5.92 Å². The summed E-state index contributed by atoms with van der Waals surface area (Å²) in [5.74, 6) is 2.40. The van der Waals surface area contributed by atoms with Crippen LogP contribution < -0.4 is 15.4 Å². The van der Waals surface area contributed by atoms with Crippen LogP contribution in [-0.4, -0.2) is 44.0 Å². The van der Waals surface area contributed by atoms with Crippen molar-refractivity contribution in [2.75, 3.05) is 27.2 Å². The number of hydrogen-bond donors (Lipinski definition) is 2. The molecule has 0 unspecified atom stereocenters. The Morgan fingerprint density at radius 3 is 2.37 bits per heavy atom. The van der Waals surface area contributed by atoms with Gasteiger partial charge in [0.15, 0.2) is 5.96 Å². The molecular formula is C24H32N4O2. The molecule has 6 heteroatoms. The minimum absolute atomic E-state index is 0.133. The molecule has 1 amide bonds. The van der Waals surface area contributed by atoms with E-state index in [1.165, 1.54) is 5.56 Å². The first-order chi connectivity index (χ1) is 14.7. The number of amides is 1. The number of benzene rings is 2. The van der Waals surface area contributed by atoms with E-state index in [0.29, 0.717) is 18.9 Å². The second-order valence-electron chi connectivity index (χ2n) is 7.63. The Labute approximate surface area is 179 Å². The maximum absolute atomic E-state index is 11.6. The van der Waals surface area contributed by atoms with E-state index in [4.69, 9.17) is 4.74 Å². The van der Waals surface area contributed by atoms with Gasteiger partial charge in [0.25, 0.3) is 0 Å². The standard InChI is InChI=1S/C24H32N4O2/c1-25-23(29)16-19-12-14-28(15-13-19)24(26-2)27-17-20-8-10-21(11-9-20)18-30-22-6-4-3-5-7-22/h3-11,19H,12-18H2,1-2H3,(H,25,29)(H,26,27). The van der Waals surface area contributed by atoms with Crippen molar-refractivity contribution < 1.29 is 9.53 Å². The molecule has 1 fully saturated rings. The molecule has 0 saturated carbocycles. The van der Waals surface area contributed by atoms with Crippen LogP contribution in [0.5, 0.6) is 5.75 Å². The van der Waals surface area contributed by atoms with Crippen molar-refractivity contribution >= 4 is 11.9 Å². The molecule has 0 aromatic heterocycles. The number of rotatable bonds is 7. The summed E-state index contributed by atoms with van der Waals surface area (Å²) in [6, 6.07) is 18.3. The molecule has 3 rings (SSSR count). The van der Waals surface area contributed by atoms with E-state index in [-0.39, 0.29) is 5.91 Å². The molecule has 1 aliphatic rings. The highest BCUT2D eigenvalue weighted by molar-refractivity contribution is 5.80. The number of nitrogens with zero attached hydrogens (tertiary/aromatic N) is 2. The quantitative estimate of drug-likeness (QED) is 0.546. The van der Waals surface area contributed by atoms with E-state index in [9.17, 15) is 4.79 Å². The number of para-hydroxylation sites is 1. The van der Waals surface area contributed by atoms with Crippen LogP contribution >= 0.6 is 0 Å². The van der Waals surface area contributed by atoms with Crippen LogP contribution in [0.4, 0.5) is 0 Å². The highest BCUT2D eigenvalue weighted by Crippen LogP contribution is 2.20. The molecule has 160 valence electrons. The average Bonchev–Trinajstić information content (AvgIpc) is 2.80. The van der Waals surface area contributed by atoms with Crippen LogP contribution in [0.1, 0.15) is 30.4 Å². The topological polar surface area (TPSA) is 66.0 Å². The minimum atomic E-state index is 0.133. The van der Waals surface area contributed by atoms with Gasteiger partial charge < -0.3 is 20.3 Å². The van der Waals surface area contributed by atoms with Crippen molar-refractivity contribution in [2.45, 2.75) is 32.4 Å². The Morgan fingerprint density at radius 1 is 1.07 bits per heavy atom. The maximum Gasteiger partial charge on any atom is 0.220 e. The number of piperidine rings is 1. The zero-order chi connectivity index (χ0) is 21.2. The zero-order valence-corrected chi connectivity index (χ0v) is 17.9. The third kappa shape index (κ3) is 6.51. The second kappa shape index (κ2) is 11.2. The van der Waals surface area contributed by atoms with Crippen molar-refractivity contribution in [1.29, 1.82) is 0 Å². The fraction of sp³-hybridized carbons (Fsp3) is 0.417. The van der Waals surface area contributed by atoms with E-state index in [1.807, 2.05) is 37.4 Å². The average molecular weight is 409 g/mol. The van der Waals surface area contributed by atoms with Crippen LogP contribution in [0.15, 0.2) is 59.6 Å². The largest absolute Gasteiger partial charge is 0.489 e. The minimum Gasteiger partial charge on any atom is -0.489 e. The number of hydrogen-bond acceptors (Lipinski definition) is 3. The molecule has 1 aliphatic heterocycles. The molecule has 0 atom stereocenters. The fourth-order valence-electron chi connectivity index (χ4n) is 3.66. The van der Waals surface area contributed by atoms with Crippen molar-refractivity contribution in [3.05, 3.63) is 65.7 Å². The van der Waals surface area contributed by atoms with E-state index < -0.39 is 0 Å². The molecule has 0 aliphatic carbocycles. The molecule has 1 heterocycles. The Morgan fingerprint density at radius 2 is 1.73 bits per heavy atom. The summed E-state index contributed by atoms with van der Waals surface area (Å²) in [5.41, 5.74) is 2.35. The Kier molecular flexibility index (Phi) is 8.12. The fourth-order valence-corrected chi connectivity index (χ4v) is 3.66. The predicted molar refractivity (Wildman–Crippen MR) is 120 cm³/mol. The van der Waals surface area contributed by atoms with Gasteiger partial charge in [-0.2, -0.15) is 0 Å². The van der Waals surface area contributed by atoms with Crippen LogP contribution in [0.2, 0.25) is 0 Å². The molecule has 0 radical (unpaired) electrons. The van der Waals surface area contributed by atoms with Crippen molar-refractivity contribution in [3.8, 4) is 5.75 Å². The van der Waals surface area contributed by atoms with E-state index in [0.717, 1.165) is 49.7 Å². The molecule has 0 bridgehead atoms. The lowest BCUT2D eigenvalue weighted by molar-refractivity contribution is -0.121. The van der Waals surface area contributed by atoms with Crippen LogP contribution in [0.25, 0.3) is 0 Å². The summed E-state index contributed by atoms with van der Waals surface area (Å²) in [4.78, 5) is 18.3. The Hall–Kier alpha value is -3.02. The molecule has 1 saturated heterocycles. The third-order valence-electron chi connectivity index (χ3n) is 5.50. The molecule has 2 aromatic carbocycles. The Bertz CT molecular complexity index is 813. The molecule has 2 N–H and O–H groups in total. The van der Waals surface area contributed by atoms with Crippen molar-refractivity contribution in [3.63, 3.8) is 0 Å². The molecule has 0 spiro atoms. The monoisotopic (exact) mass is 408 g/mol. The number of aliphatic imine (C=N–C) groups is 1. The molecule has 2 aromatic rings. The lowest BCUT2D eigenvalue weighted by atomic mass is 9.93. The first-order valence-corrected chi connectivity index (χ1v) is 10.6. The third-order valence-corrected chi connectivity index (χ3v) is 5.50. The normalized spacial score (nSPS) is 15.0. The summed E-state index contributed by atoms with van der Waals surface area (Å²) in [6.07, 6.45) is 2.66. The van der Waals surface area contributed by atoms with E-state index >= 15 is 0 Å². The zero-order valence-electron chi connectivity index (χ0n) is 17.9. The van der Waals surface area contributed by atoms with Gasteiger partial charge in [-0.25, -0.2) is 0 Å². The van der Waals surface area contributed by atoms with Gasteiger partial charge in [0, 0.05) is 40.2 Å². The number of likely N-dealkylation sites (tertiary alicyclic amines) is 1. The maximum atomic E-state index is 11.6. The SMILES string of the molecule is CN=C(NCc1ccc(COc2ccccc2)cc1)N1CCC(CC(=O)NC)CC1. The van der Waals surface area contributed by atoms with Gasteiger partial charge in [-0.3, -0.25) is 9.79 Å². The van der Waals surface area contributed by atoms with Gasteiger partial charge in [0.1, 0.15) is 12.4 Å². The van der Waals surface area contributed by atoms with Gasteiger partial charge in [0.05, 0.1) is 0 Å². The number of nitrogens with one attached hydrogen (secondary N) is 2. The number of carbonyl (C=O) groups excluding carboxylic acids is 1. The van der Waals surface area contributed by atoms with Crippen LogP contribution in [0.3, 0.4) is 0 Å². The molecule has 30 heavy (non-hydrogen) atoms. The van der Waals surface area contributed by atoms with E-state index in [2.05, 4.69) is 44.8 Å². The highest BCUT2D eigenvalue weighted by Gasteiger charge is 2.22. The summed E-state index contributed by atoms with van der Waals surface area (Å²) in [7, 11) is 3.52. The van der Waals surface area contributed by atoms with Gasteiger partial charge in [-0.05, 0) is 42.0 Å². The summed E-state index contributed by atoms with van der Waals surface area (Å²) >= 11 is 0. The molecular weight excluding hydrogens is 376 g/mol. The first-order valence-electron chi connectivity index (χ1n) is 10.6. The lowest BCUT2D eigenvalue weighted by Gasteiger charge is -2.34. The van der Waals surface area contributed by atoms with Gasteiger partial charge in [0.2, 0.25) is 5.91 Å². The van der Waals surface area contributed by atoms with Gasteiger partial charge in [-0.1, -0.05) is 42.5 Å². The number of carbonyl (C=O) groups is 1. The smallest absolute Gasteiger partial charge is 0.220 e. The predicted octanol–water partition coefficient (Wildman–Crippen LogP) is 3.19. The van der Waals surface area contributed by atoms with E-state index in [1.54, 1.807) is 7.05 Å². The van der Waals surface area contributed by atoms with Crippen molar-refractivity contribution in [2.24, 2.45) is 10.9 Å². The first kappa shape index (κ1) is 21.7. The van der Waals surface area contributed by atoms with Gasteiger partial charge >= 0.3 is 0 Å². The Balaban J connectivity index is 1.43. The summed E-state index contributed by atoms with van der Waals surface area (Å²) in [5, 5.41) is 6.18.